The van der Waals surface area contributed by atoms with Crippen LogP contribution in [-0.2, 0) is 27.5 Å². The summed E-state index contributed by atoms with van der Waals surface area (Å²) < 4.78 is 21.3. The third-order valence-electron chi connectivity index (χ3n) is 4.78. The van der Waals surface area contributed by atoms with Crippen molar-refractivity contribution < 1.29 is 28.5 Å². The summed E-state index contributed by atoms with van der Waals surface area (Å²) in [6.07, 6.45) is 0. The lowest BCUT2D eigenvalue weighted by molar-refractivity contribution is -0.148. The molecule has 0 aliphatic heterocycles. The highest BCUT2D eigenvalue weighted by Gasteiger charge is 2.29. The molecule has 0 amide bonds. The van der Waals surface area contributed by atoms with Crippen molar-refractivity contribution in [1.29, 1.82) is 0 Å². The monoisotopic (exact) mass is 454 g/mol. The van der Waals surface area contributed by atoms with Crippen molar-refractivity contribution in [3.8, 4) is 17.2 Å². The van der Waals surface area contributed by atoms with E-state index in [1.165, 1.54) is 0 Å². The molecule has 0 radical (unpaired) electrons. The van der Waals surface area contributed by atoms with Gasteiger partial charge in [-0.05, 0) is 64.7 Å². The highest BCUT2D eigenvalue weighted by atomic mass is 35.5. The van der Waals surface area contributed by atoms with Crippen molar-refractivity contribution in [2.75, 3.05) is 14.2 Å². The third kappa shape index (κ3) is 6.25. The van der Waals surface area contributed by atoms with E-state index >= 15 is 0 Å². The maximum atomic E-state index is 12.5. The standard InChI is InChI=1S/C25H23ClO6/c1-29-20-9-3-17(4-10-20)15-31-22-13-7-19(8-14-22)23(24(26)27)25(28)32-16-18-5-11-21(30-2)12-6-18/h3-14,23H,15-16H2,1-2H3/t23-/m1/s1. The Balaban J connectivity index is 1.59. The summed E-state index contributed by atoms with van der Waals surface area (Å²) in [7, 11) is 3.18. The van der Waals surface area contributed by atoms with Crippen molar-refractivity contribution in [2.24, 2.45) is 0 Å². The maximum absolute atomic E-state index is 12.5. The fraction of sp³-hybridized carbons (Fsp3) is 0.200. The van der Waals surface area contributed by atoms with Crippen LogP contribution >= 0.6 is 11.6 Å². The third-order valence-corrected chi connectivity index (χ3v) is 5.00. The van der Waals surface area contributed by atoms with Crippen LogP contribution in [-0.4, -0.2) is 25.4 Å². The topological polar surface area (TPSA) is 71.1 Å². The van der Waals surface area contributed by atoms with Gasteiger partial charge in [0, 0.05) is 0 Å². The first-order chi connectivity index (χ1) is 15.5. The van der Waals surface area contributed by atoms with Crippen molar-refractivity contribution in [3.63, 3.8) is 0 Å². The first-order valence-electron chi connectivity index (χ1n) is 9.84. The molecular formula is C25H23ClO6. The van der Waals surface area contributed by atoms with Crippen LogP contribution in [0.3, 0.4) is 0 Å². The van der Waals surface area contributed by atoms with Crippen molar-refractivity contribution >= 4 is 22.8 Å². The number of methoxy groups -OCH3 is 2. The van der Waals surface area contributed by atoms with E-state index < -0.39 is 17.1 Å². The largest absolute Gasteiger partial charge is 0.497 e. The Morgan fingerprint density at radius 2 is 1.19 bits per heavy atom. The van der Waals surface area contributed by atoms with E-state index in [0.29, 0.717) is 23.7 Å². The van der Waals surface area contributed by atoms with Gasteiger partial charge < -0.3 is 18.9 Å². The van der Waals surface area contributed by atoms with Crippen LogP contribution in [0.5, 0.6) is 17.2 Å². The van der Waals surface area contributed by atoms with Crippen LogP contribution in [0.1, 0.15) is 22.6 Å². The molecule has 6 nitrogen and oxygen atoms in total. The quantitative estimate of drug-likeness (QED) is 0.247. The minimum atomic E-state index is -1.22. The molecule has 0 aromatic heterocycles. The summed E-state index contributed by atoms with van der Waals surface area (Å²) in [6, 6.07) is 21.2. The molecule has 0 aliphatic carbocycles. The number of hydrogen-bond acceptors (Lipinski definition) is 6. The maximum Gasteiger partial charge on any atom is 0.322 e. The molecule has 0 heterocycles. The predicted molar refractivity (Wildman–Crippen MR) is 120 cm³/mol. The lowest BCUT2D eigenvalue weighted by Gasteiger charge is -2.14. The van der Waals surface area contributed by atoms with Gasteiger partial charge in [-0.2, -0.15) is 0 Å². The first-order valence-corrected chi connectivity index (χ1v) is 10.2. The van der Waals surface area contributed by atoms with Gasteiger partial charge in [0.15, 0.2) is 5.92 Å². The van der Waals surface area contributed by atoms with Crippen LogP contribution in [0, 0.1) is 0 Å². The van der Waals surface area contributed by atoms with Crippen molar-refractivity contribution in [1.82, 2.24) is 0 Å². The molecule has 32 heavy (non-hydrogen) atoms. The second kappa shape index (κ2) is 11.2. The van der Waals surface area contributed by atoms with Gasteiger partial charge in [-0.25, -0.2) is 0 Å². The average molecular weight is 455 g/mol. The molecule has 0 spiro atoms. The number of carbonyl (C=O) groups excluding carboxylic acids is 2. The SMILES string of the molecule is COc1ccc(COC(=O)[C@@H](C(=O)Cl)c2ccc(OCc3ccc(OC)cc3)cc2)cc1. The second-order valence-electron chi connectivity index (χ2n) is 6.90. The molecular weight excluding hydrogens is 432 g/mol. The van der Waals surface area contributed by atoms with E-state index in [9.17, 15) is 9.59 Å². The number of esters is 1. The fourth-order valence-corrected chi connectivity index (χ4v) is 3.18. The van der Waals surface area contributed by atoms with Crippen LogP contribution in [0.25, 0.3) is 0 Å². The van der Waals surface area contributed by atoms with Gasteiger partial charge >= 0.3 is 5.97 Å². The smallest absolute Gasteiger partial charge is 0.322 e. The fourth-order valence-electron chi connectivity index (χ4n) is 2.96. The second-order valence-corrected chi connectivity index (χ2v) is 7.27. The summed E-state index contributed by atoms with van der Waals surface area (Å²) in [5.74, 6) is 0.132. The Labute approximate surface area is 191 Å². The van der Waals surface area contributed by atoms with Gasteiger partial charge in [0.25, 0.3) is 0 Å². The van der Waals surface area contributed by atoms with Crippen LogP contribution < -0.4 is 14.2 Å². The molecule has 1 atom stereocenters. The predicted octanol–water partition coefficient (Wildman–Crippen LogP) is 4.88. The summed E-state index contributed by atoms with van der Waals surface area (Å²) in [5, 5.41) is -0.809. The number of benzene rings is 3. The zero-order valence-corrected chi connectivity index (χ0v) is 18.5. The Bertz CT molecular complexity index is 1030. The van der Waals surface area contributed by atoms with Crippen molar-refractivity contribution in [3.05, 3.63) is 89.5 Å². The molecule has 0 fully saturated rings. The Hall–Kier alpha value is -3.51. The van der Waals surface area contributed by atoms with Crippen LogP contribution in [0.4, 0.5) is 0 Å². The number of ether oxygens (including phenoxy) is 4. The van der Waals surface area contributed by atoms with Gasteiger partial charge in [-0.1, -0.05) is 36.4 Å². The summed E-state index contributed by atoms with van der Waals surface area (Å²) in [6.45, 7) is 0.387. The van der Waals surface area contributed by atoms with E-state index in [1.54, 1.807) is 62.8 Å². The number of halogens is 1. The number of hydrogen-bond donors (Lipinski definition) is 0. The highest BCUT2D eigenvalue weighted by Crippen LogP contribution is 2.25. The molecule has 0 N–H and O–H groups in total. The Morgan fingerprint density at radius 3 is 1.66 bits per heavy atom. The average Bonchev–Trinajstić information content (AvgIpc) is 2.82. The van der Waals surface area contributed by atoms with Gasteiger partial charge in [0.05, 0.1) is 14.2 Å². The molecule has 166 valence electrons. The van der Waals surface area contributed by atoms with Gasteiger partial charge in [0.1, 0.15) is 30.5 Å². The molecule has 3 aromatic carbocycles. The summed E-state index contributed by atoms with van der Waals surface area (Å²) in [4.78, 5) is 24.5. The molecule has 0 bridgehead atoms. The van der Waals surface area contributed by atoms with E-state index in [-0.39, 0.29) is 6.61 Å². The number of rotatable bonds is 10. The molecule has 3 rings (SSSR count). The van der Waals surface area contributed by atoms with E-state index in [2.05, 4.69) is 0 Å². The Morgan fingerprint density at radius 1 is 0.719 bits per heavy atom. The normalized spacial score (nSPS) is 11.3. The van der Waals surface area contributed by atoms with Crippen LogP contribution in [0.15, 0.2) is 72.8 Å². The molecule has 0 unspecified atom stereocenters. The summed E-state index contributed by atoms with van der Waals surface area (Å²) in [5.41, 5.74) is 2.18. The lowest BCUT2D eigenvalue weighted by Crippen LogP contribution is -2.21. The minimum absolute atomic E-state index is 0.0204. The van der Waals surface area contributed by atoms with Gasteiger partial charge in [-0.15, -0.1) is 0 Å². The van der Waals surface area contributed by atoms with E-state index in [4.69, 9.17) is 30.5 Å². The summed E-state index contributed by atoms with van der Waals surface area (Å²) >= 11 is 5.70. The molecule has 7 heteroatoms. The van der Waals surface area contributed by atoms with E-state index in [1.807, 2.05) is 24.3 Å². The number of carbonyl (C=O) groups is 2. The van der Waals surface area contributed by atoms with Gasteiger partial charge in [-0.3, -0.25) is 9.59 Å². The molecule has 0 aliphatic rings. The minimum Gasteiger partial charge on any atom is -0.497 e. The highest BCUT2D eigenvalue weighted by molar-refractivity contribution is 6.66. The molecule has 3 aromatic rings. The van der Waals surface area contributed by atoms with E-state index in [0.717, 1.165) is 16.9 Å². The first kappa shape index (κ1) is 23.2. The molecule has 0 saturated heterocycles. The zero-order chi connectivity index (χ0) is 22.9. The lowest BCUT2D eigenvalue weighted by atomic mass is 10.0. The zero-order valence-electron chi connectivity index (χ0n) is 17.7. The van der Waals surface area contributed by atoms with Gasteiger partial charge in [0.2, 0.25) is 5.24 Å². The van der Waals surface area contributed by atoms with Crippen molar-refractivity contribution in [2.45, 2.75) is 19.1 Å². The van der Waals surface area contributed by atoms with Crippen LogP contribution in [0.2, 0.25) is 0 Å². The molecule has 0 saturated carbocycles. The Kier molecular flexibility index (Phi) is 8.11.